The van der Waals surface area contributed by atoms with Crippen LogP contribution in [0.2, 0.25) is 0 Å². The summed E-state index contributed by atoms with van der Waals surface area (Å²) in [5.41, 5.74) is 1.23. The van der Waals surface area contributed by atoms with Gasteiger partial charge in [0.2, 0.25) is 0 Å². The van der Waals surface area contributed by atoms with Crippen LogP contribution in [0.15, 0.2) is 48.2 Å². The number of esters is 1. The number of hydrogen-bond acceptors (Lipinski definition) is 4. The largest absolute Gasteiger partial charge is 0.466 e. The average molecular weight is 352 g/mol. The lowest BCUT2D eigenvalue weighted by atomic mass is 9.95. The van der Waals surface area contributed by atoms with E-state index in [0.717, 1.165) is 0 Å². The summed E-state index contributed by atoms with van der Waals surface area (Å²) in [5.74, 6) is -0.612. The highest BCUT2D eigenvalue weighted by molar-refractivity contribution is 5.95. The summed E-state index contributed by atoms with van der Waals surface area (Å²) in [6, 6.07) is 4.52. The van der Waals surface area contributed by atoms with Gasteiger partial charge < -0.3 is 14.8 Å². The van der Waals surface area contributed by atoms with Crippen LogP contribution >= 0.6 is 0 Å². The standard InChI is InChI=1S/C17H18F2N2O4/c1-4-9-21-10(2)13(15(22)24-3)14(20-17(21)23)11-5-7-12(8-6-11)25-16(18)19/h4-8,14,16H,1,9H2,2-3H3,(H,20,23)/t14-/m0/s1. The van der Waals surface area contributed by atoms with Gasteiger partial charge in [0.05, 0.1) is 18.7 Å². The molecule has 1 aromatic rings. The number of benzene rings is 1. The highest BCUT2D eigenvalue weighted by Gasteiger charge is 2.35. The first-order chi connectivity index (χ1) is 11.9. The molecule has 0 fully saturated rings. The average Bonchev–Trinajstić information content (AvgIpc) is 2.57. The van der Waals surface area contributed by atoms with Crippen molar-refractivity contribution in [2.45, 2.75) is 19.6 Å². The third kappa shape index (κ3) is 3.96. The van der Waals surface area contributed by atoms with Crippen molar-refractivity contribution < 1.29 is 27.8 Å². The Labute approximate surface area is 143 Å². The molecule has 2 amide bonds. The van der Waals surface area contributed by atoms with Crippen LogP contribution in [0.25, 0.3) is 0 Å². The minimum atomic E-state index is -2.93. The molecule has 0 bridgehead atoms. The van der Waals surface area contributed by atoms with E-state index >= 15 is 0 Å². The topological polar surface area (TPSA) is 67.9 Å². The second-order valence-corrected chi connectivity index (χ2v) is 5.22. The Hall–Kier alpha value is -2.90. The lowest BCUT2D eigenvalue weighted by Gasteiger charge is -2.34. The first-order valence-corrected chi connectivity index (χ1v) is 7.41. The maximum absolute atomic E-state index is 12.3. The van der Waals surface area contributed by atoms with Crippen molar-refractivity contribution in [1.29, 1.82) is 0 Å². The summed E-state index contributed by atoms with van der Waals surface area (Å²) in [4.78, 5) is 25.9. The summed E-state index contributed by atoms with van der Waals surface area (Å²) in [7, 11) is 1.24. The number of nitrogens with zero attached hydrogens (tertiary/aromatic N) is 1. The second-order valence-electron chi connectivity index (χ2n) is 5.22. The minimum absolute atomic E-state index is 0.0190. The van der Waals surface area contributed by atoms with Crippen molar-refractivity contribution >= 4 is 12.0 Å². The molecule has 8 heteroatoms. The van der Waals surface area contributed by atoms with Gasteiger partial charge in [-0.3, -0.25) is 4.90 Å². The number of methoxy groups -OCH3 is 1. The summed E-state index contributed by atoms with van der Waals surface area (Å²) in [6.07, 6.45) is 1.54. The quantitative estimate of drug-likeness (QED) is 0.631. The number of allylic oxidation sites excluding steroid dienone is 1. The lowest BCUT2D eigenvalue weighted by Crippen LogP contribution is -2.47. The van der Waals surface area contributed by atoms with Crippen molar-refractivity contribution in [3.8, 4) is 5.75 Å². The van der Waals surface area contributed by atoms with Gasteiger partial charge in [-0.2, -0.15) is 8.78 Å². The Morgan fingerprint density at radius 3 is 2.56 bits per heavy atom. The predicted octanol–water partition coefficient (Wildman–Crippen LogP) is 2.99. The molecule has 1 aliphatic rings. The van der Waals surface area contributed by atoms with Gasteiger partial charge in [0, 0.05) is 12.2 Å². The molecule has 0 saturated heterocycles. The predicted molar refractivity (Wildman–Crippen MR) is 86.0 cm³/mol. The molecular formula is C17H18F2N2O4. The first-order valence-electron chi connectivity index (χ1n) is 7.41. The van der Waals surface area contributed by atoms with Gasteiger partial charge in [-0.15, -0.1) is 6.58 Å². The van der Waals surface area contributed by atoms with Gasteiger partial charge in [0.15, 0.2) is 0 Å². The number of rotatable bonds is 6. The number of carbonyl (C=O) groups excluding carboxylic acids is 2. The highest BCUT2D eigenvalue weighted by Crippen LogP contribution is 2.32. The van der Waals surface area contributed by atoms with E-state index in [9.17, 15) is 18.4 Å². The molecule has 25 heavy (non-hydrogen) atoms. The van der Waals surface area contributed by atoms with Crippen LogP contribution in [0.5, 0.6) is 5.75 Å². The number of hydrogen-bond donors (Lipinski definition) is 1. The third-order valence-corrected chi connectivity index (χ3v) is 3.75. The molecule has 1 aromatic carbocycles. The summed E-state index contributed by atoms with van der Waals surface area (Å²) < 4.78 is 33.6. The van der Waals surface area contributed by atoms with E-state index in [4.69, 9.17) is 4.74 Å². The van der Waals surface area contributed by atoms with Crippen LogP contribution < -0.4 is 10.1 Å². The summed E-state index contributed by atoms with van der Waals surface area (Å²) >= 11 is 0. The van der Waals surface area contributed by atoms with E-state index in [1.54, 1.807) is 6.92 Å². The molecule has 0 aromatic heterocycles. The lowest BCUT2D eigenvalue weighted by molar-refractivity contribution is -0.136. The number of urea groups is 1. The first kappa shape index (κ1) is 18.4. The van der Waals surface area contributed by atoms with E-state index in [0.29, 0.717) is 11.3 Å². The molecule has 0 saturated carbocycles. The normalized spacial score (nSPS) is 17.4. The van der Waals surface area contributed by atoms with Gasteiger partial charge >= 0.3 is 18.6 Å². The number of halogens is 2. The maximum Gasteiger partial charge on any atom is 0.387 e. The zero-order valence-electron chi connectivity index (χ0n) is 13.8. The zero-order valence-corrected chi connectivity index (χ0v) is 13.8. The van der Waals surface area contributed by atoms with Crippen molar-refractivity contribution in [1.82, 2.24) is 10.2 Å². The molecule has 1 heterocycles. The highest BCUT2D eigenvalue weighted by atomic mass is 19.3. The van der Waals surface area contributed by atoms with Crippen molar-refractivity contribution in [2.24, 2.45) is 0 Å². The van der Waals surface area contributed by atoms with Gasteiger partial charge in [-0.25, -0.2) is 9.59 Å². The number of amides is 2. The number of nitrogens with one attached hydrogen (secondary N) is 1. The fourth-order valence-electron chi connectivity index (χ4n) is 2.60. The van der Waals surface area contributed by atoms with Crippen molar-refractivity contribution in [3.63, 3.8) is 0 Å². The molecule has 0 radical (unpaired) electrons. The van der Waals surface area contributed by atoms with E-state index in [-0.39, 0.29) is 17.9 Å². The van der Waals surface area contributed by atoms with Crippen molar-refractivity contribution in [3.05, 3.63) is 53.8 Å². The van der Waals surface area contributed by atoms with E-state index in [2.05, 4.69) is 16.6 Å². The monoisotopic (exact) mass is 352 g/mol. The number of alkyl halides is 2. The fraction of sp³-hybridized carbons (Fsp3) is 0.294. The fourth-order valence-corrected chi connectivity index (χ4v) is 2.60. The summed E-state index contributed by atoms with van der Waals surface area (Å²) in [6.45, 7) is 2.52. The van der Waals surface area contributed by atoms with Gasteiger partial charge in [0.1, 0.15) is 5.75 Å². The van der Waals surface area contributed by atoms with Crippen LogP contribution in [0.3, 0.4) is 0 Å². The van der Waals surface area contributed by atoms with Gasteiger partial charge in [-0.1, -0.05) is 18.2 Å². The van der Waals surface area contributed by atoms with E-state index in [1.165, 1.54) is 42.4 Å². The van der Waals surface area contributed by atoms with Crippen LogP contribution in [0.4, 0.5) is 13.6 Å². The Morgan fingerprint density at radius 2 is 2.04 bits per heavy atom. The molecule has 0 aliphatic carbocycles. The molecule has 1 aliphatic heterocycles. The molecule has 2 rings (SSSR count). The maximum atomic E-state index is 12.3. The summed E-state index contributed by atoms with van der Waals surface area (Å²) in [5, 5.41) is 2.72. The van der Waals surface area contributed by atoms with E-state index in [1.807, 2.05) is 0 Å². The van der Waals surface area contributed by atoms with Crippen molar-refractivity contribution in [2.75, 3.05) is 13.7 Å². The van der Waals surface area contributed by atoms with Crippen LogP contribution in [0.1, 0.15) is 18.5 Å². The third-order valence-electron chi connectivity index (χ3n) is 3.75. The zero-order chi connectivity index (χ0) is 18.6. The molecule has 6 nitrogen and oxygen atoms in total. The minimum Gasteiger partial charge on any atom is -0.466 e. The Kier molecular flexibility index (Phi) is 5.74. The molecule has 0 spiro atoms. The molecule has 1 N–H and O–H groups in total. The molecule has 0 unspecified atom stereocenters. The smallest absolute Gasteiger partial charge is 0.387 e. The van der Waals surface area contributed by atoms with Crippen LogP contribution in [-0.2, 0) is 9.53 Å². The molecular weight excluding hydrogens is 334 g/mol. The SMILES string of the molecule is C=CCN1C(=O)N[C@@H](c2ccc(OC(F)F)cc2)C(C(=O)OC)=C1C. The second kappa shape index (κ2) is 7.78. The Balaban J connectivity index is 2.42. The number of carbonyl (C=O) groups is 2. The Bertz CT molecular complexity index is 701. The van der Waals surface area contributed by atoms with Gasteiger partial charge in [-0.05, 0) is 24.6 Å². The number of ether oxygens (including phenoxy) is 2. The van der Waals surface area contributed by atoms with Gasteiger partial charge in [0.25, 0.3) is 0 Å². The van der Waals surface area contributed by atoms with Crippen LogP contribution in [0, 0.1) is 0 Å². The van der Waals surface area contributed by atoms with Crippen LogP contribution in [-0.4, -0.2) is 37.2 Å². The molecule has 1 atom stereocenters. The van der Waals surface area contributed by atoms with E-state index < -0.39 is 24.7 Å². The Morgan fingerprint density at radius 1 is 1.40 bits per heavy atom. The molecule has 134 valence electrons.